The number of hydrogen-bond acceptors (Lipinski definition) is 1. The van der Waals surface area contributed by atoms with Gasteiger partial charge >= 0.3 is 0 Å². The van der Waals surface area contributed by atoms with Gasteiger partial charge in [-0.2, -0.15) is 0 Å². The first kappa shape index (κ1) is 34.8. The minimum atomic E-state index is 1.10. The normalized spacial score (nSPS) is 11.4. The molecular weight excluding hydrogens is 663 g/mol. The summed E-state index contributed by atoms with van der Waals surface area (Å²) in [6.45, 7) is 0. The average Bonchev–Trinajstić information content (AvgIpc) is 3.27. The van der Waals surface area contributed by atoms with Crippen molar-refractivity contribution in [1.29, 1.82) is 0 Å². The second-order valence-corrected chi connectivity index (χ2v) is 13.5. The lowest BCUT2D eigenvalue weighted by Crippen LogP contribution is -2.09. The van der Waals surface area contributed by atoms with Gasteiger partial charge in [-0.25, -0.2) is 0 Å². The molecule has 8 rings (SSSR count). The maximum Gasteiger partial charge on any atom is 0.0462 e. The van der Waals surface area contributed by atoms with Gasteiger partial charge in [0.2, 0.25) is 0 Å². The highest BCUT2D eigenvalue weighted by Gasteiger charge is 2.13. The van der Waals surface area contributed by atoms with Gasteiger partial charge in [-0.15, -0.1) is 0 Å². The average molecular weight is 704 g/mol. The molecule has 0 aliphatic carbocycles. The molecule has 0 bridgehead atoms. The third-order valence-corrected chi connectivity index (χ3v) is 9.69. The molecule has 0 heterocycles. The van der Waals surface area contributed by atoms with Crippen molar-refractivity contribution in [3.8, 4) is 22.3 Å². The summed E-state index contributed by atoms with van der Waals surface area (Å²) in [6, 6.07) is 75.3. The highest BCUT2D eigenvalue weighted by atomic mass is 15.1. The lowest BCUT2D eigenvalue weighted by atomic mass is 10.0. The highest BCUT2D eigenvalue weighted by Crippen LogP contribution is 2.37. The smallest absolute Gasteiger partial charge is 0.0462 e. The van der Waals surface area contributed by atoms with Crippen LogP contribution in [0.15, 0.2) is 212 Å². The number of hydrogen-bond donors (Lipinski definition) is 0. The van der Waals surface area contributed by atoms with Crippen molar-refractivity contribution in [1.82, 2.24) is 0 Å². The van der Waals surface area contributed by atoms with E-state index in [2.05, 4.69) is 235 Å². The van der Waals surface area contributed by atoms with E-state index in [9.17, 15) is 0 Å². The molecule has 0 atom stereocenters. The molecule has 0 aromatic heterocycles. The van der Waals surface area contributed by atoms with Crippen molar-refractivity contribution in [2.45, 2.75) is 0 Å². The van der Waals surface area contributed by atoms with Crippen LogP contribution in [0.2, 0.25) is 0 Å². The largest absolute Gasteiger partial charge is 0.311 e. The van der Waals surface area contributed by atoms with Crippen molar-refractivity contribution < 1.29 is 0 Å². The minimum absolute atomic E-state index is 1.10. The van der Waals surface area contributed by atoms with Gasteiger partial charge in [0.15, 0.2) is 0 Å². The molecule has 0 fully saturated rings. The summed E-state index contributed by atoms with van der Waals surface area (Å²) in [5, 5.41) is 0. The molecule has 1 heteroatoms. The standard InChI is InChI=1S/C54H41N/c1-4-10-42(11-5-1)16-19-45-22-28-48(29-23-45)50-32-38-53(39-33-50)55(52-36-26-47(27-37-52)21-18-44-14-8-3-9-15-44)54-40-34-51(35-41-54)49-30-24-46(25-31-49)20-17-43-12-6-2-7-13-43/h1-41H/b19-16+,20-17+,21-18+. The van der Waals surface area contributed by atoms with Gasteiger partial charge in [0.05, 0.1) is 0 Å². The molecule has 0 spiro atoms. The maximum absolute atomic E-state index is 2.33. The van der Waals surface area contributed by atoms with Crippen molar-refractivity contribution in [2.75, 3.05) is 4.90 Å². The van der Waals surface area contributed by atoms with Crippen LogP contribution >= 0.6 is 0 Å². The van der Waals surface area contributed by atoms with E-state index in [-0.39, 0.29) is 0 Å². The summed E-state index contributed by atoms with van der Waals surface area (Å²) in [5.41, 5.74) is 15.1. The molecule has 0 saturated heterocycles. The third kappa shape index (κ3) is 9.06. The molecule has 8 aromatic rings. The second-order valence-electron chi connectivity index (χ2n) is 13.5. The Bertz CT molecular complexity index is 2360. The van der Waals surface area contributed by atoms with E-state index < -0.39 is 0 Å². The Morgan fingerprint density at radius 2 is 0.400 bits per heavy atom. The van der Waals surface area contributed by atoms with Crippen LogP contribution in [0.4, 0.5) is 17.1 Å². The summed E-state index contributed by atoms with van der Waals surface area (Å²) in [7, 11) is 0. The van der Waals surface area contributed by atoms with Gasteiger partial charge in [0.1, 0.15) is 0 Å². The Hall–Kier alpha value is -7.22. The first-order valence-electron chi connectivity index (χ1n) is 18.7. The monoisotopic (exact) mass is 703 g/mol. The molecule has 0 aliphatic heterocycles. The Labute approximate surface area is 325 Å². The predicted octanol–water partition coefficient (Wildman–Crippen LogP) is 15.0. The van der Waals surface area contributed by atoms with Gasteiger partial charge < -0.3 is 4.90 Å². The number of nitrogens with zero attached hydrogens (tertiary/aromatic N) is 1. The van der Waals surface area contributed by atoms with E-state index in [1.807, 2.05) is 18.2 Å². The number of rotatable bonds is 11. The molecule has 262 valence electrons. The highest BCUT2D eigenvalue weighted by molar-refractivity contribution is 5.81. The van der Waals surface area contributed by atoms with Crippen LogP contribution in [-0.4, -0.2) is 0 Å². The fourth-order valence-corrected chi connectivity index (χ4v) is 6.63. The zero-order chi connectivity index (χ0) is 37.1. The topological polar surface area (TPSA) is 3.24 Å². The van der Waals surface area contributed by atoms with E-state index in [0.29, 0.717) is 0 Å². The van der Waals surface area contributed by atoms with Crippen LogP contribution < -0.4 is 4.90 Å². The molecule has 8 aromatic carbocycles. The van der Waals surface area contributed by atoms with Crippen molar-refractivity contribution in [3.63, 3.8) is 0 Å². The van der Waals surface area contributed by atoms with E-state index in [1.54, 1.807) is 0 Å². The van der Waals surface area contributed by atoms with Crippen LogP contribution in [0.3, 0.4) is 0 Å². The summed E-state index contributed by atoms with van der Waals surface area (Å²) in [6.07, 6.45) is 12.9. The number of anilines is 3. The second kappa shape index (κ2) is 17.1. The number of benzene rings is 8. The maximum atomic E-state index is 2.33. The fraction of sp³-hybridized carbons (Fsp3) is 0. The third-order valence-electron chi connectivity index (χ3n) is 9.69. The van der Waals surface area contributed by atoms with Gasteiger partial charge in [-0.05, 0) is 92.0 Å². The van der Waals surface area contributed by atoms with E-state index in [4.69, 9.17) is 0 Å². The summed E-state index contributed by atoms with van der Waals surface area (Å²) < 4.78 is 0. The summed E-state index contributed by atoms with van der Waals surface area (Å²) in [4.78, 5) is 2.33. The first-order chi connectivity index (χ1) is 27.2. The van der Waals surface area contributed by atoms with Crippen molar-refractivity contribution in [2.24, 2.45) is 0 Å². The van der Waals surface area contributed by atoms with Gasteiger partial charge in [-0.3, -0.25) is 0 Å². The van der Waals surface area contributed by atoms with E-state index in [1.165, 1.54) is 50.1 Å². The van der Waals surface area contributed by atoms with Gasteiger partial charge in [-0.1, -0.05) is 212 Å². The van der Waals surface area contributed by atoms with Crippen LogP contribution in [0, 0.1) is 0 Å². The quantitative estimate of drug-likeness (QED) is 0.121. The Morgan fingerprint density at radius 3 is 0.673 bits per heavy atom. The van der Waals surface area contributed by atoms with Crippen LogP contribution in [0.1, 0.15) is 33.4 Å². The summed E-state index contributed by atoms with van der Waals surface area (Å²) >= 11 is 0. The van der Waals surface area contributed by atoms with Crippen LogP contribution in [-0.2, 0) is 0 Å². The SMILES string of the molecule is C(=C\c1ccc(-c2ccc(N(c3ccc(/C=C/c4ccccc4)cc3)c3ccc(-c4ccc(/C=C/c5ccccc5)cc4)cc3)cc2)cc1)/c1ccccc1. The Balaban J connectivity index is 1.04. The summed E-state index contributed by atoms with van der Waals surface area (Å²) in [5.74, 6) is 0. The molecule has 0 N–H and O–H groups in total. The zero-order valence-electron chi connectivity index (χ0n) is 30.6. The minimum Gasteiger partial charge on any atom is -0.311 e. The van der Waals surface area contributed by atoms with Gasteiger partial charge in [0.25, 0.3) is 0 Å². The molecule has 1 nitrogen and oxygen atoms in total. The molecule has 0 saturated carbocycles. The van der Waals surface area contributed by atoms with E-state index in [0.717, 1.165) is 22.6 Å². The lowest BCUT2D eigenvalue weighted by molar-refractivity contribution is 1.28. The zero-order valence-corrected chi connectivity index (χ0v) is 30.6. The molecular formula is C54H41N. The Kier molecular flexibility index (Phi) is 10.8. The molecule has 0 unspecified atom stereocenters. The van der Waals surface area contributed by atoms with E-state index >= 15 is 0 Å². The molecule has 55 heavy (non-hydrogen) atoms. The fourth-order valence-electron chi connectivity index (χ4n) is 6.63. The molecule has 0 aliphatic rings. The first-order valence-corrected chi connectivity index (χ1v) is 18.7. The predicted molar refractivity (Wildman–Crippen MR) is 238 cm³/mol. The van der Waals surface area contributed by atoms with Crippen molar-refractivity contribution >= 4 is 53.5 Å². The lowest BCUT2D eigenvalue weighted by Gasteiger charge is -2.26. The Morgan fingerprint density at radius 1 is 0.200 bits per heavy atom. The van der Waals surface area contributed by atoms with Crippen LogP contribution in [0.25, 0.3) is 58.7 Å². The van der Waals surface area contributed by atoms with Crippen molar-refractivity contribution in [3.05, 3.63) is 246 Å². The molecule has 0 amide bonds. The molecule has 0 radical (unpaired) electrons. The van der Waals surface area contributed by atoms with Gasteiger partial charge in [0, 0.05) is 17.1 Å². The van der Waals surface area contributed by atoms with Crippen LogP contribution in [0.5, 0.6) is 0 Å².